The maximum atomic E-state index is 12.6. The van der Waals surface area contributed by atoms with Crippen LogP contribution in [0.2, 0.25) is 0 Å². The fraction of sp³-hybridized carbons (Fsp3) is 0.625. The van der Waals surface area contributed by atoms with Crippen molar-refractivity contribution in [2.45, 2.75) is 19.4 Å². The number of amides is 2. The van der Waals surface area contributed by atoms with E-state index in [-0.39, 0.29) is 29.9 Å². The van der Waals surface area contributed by atoms with E-state index in [1.54, 1.807) is 23.4 Å². The third-order valence-corrected chi connectivity index (χ3v) is 6.58. The third-order valence-electron chi connectivity index (χ3n) is 4.83. The number of carbonyl (C=O) groups excluding carboxylic acids is 2. The van der Waals surface area contributed by atoms with Gasteiger partial charge in [-0.3, -0.25) is 9.59 Å². The second-order valence-corrected chi connectivity index (χ2v) is 8.85. The summed E-state index contributed by atoms with van der Waals surface area (Å²) in [6.45, 7) is 3.58. The van der Waals surface area contributed by atoms with Crippen LogP contribution in [0, 0.1) is 0 Å². The molecule has 2 amide bonds. The molecular weight excluding hydrogens is 358 g/mol. The van der Waals surface area contributed by atoms with Gasteiger partial charge in [0.1, 0.15) is 6.54 Å². The Morgan fingerprint density at radius 2 is 1.85 bits per heavy atom. The smallest absolute Gasteiger partial charge is 0.242 e. The van der Waals surface area contributed by atoms with E-state index < -0.39 is 15.9 Å². The van der Waals surface area contributed by atoms with Gasteiger partial charge in [-0.2, -0.15) is 0 Å². The molecule has 0 aliphatic carbocycles. The van der Waals surface area contributed by atoms with Gasteiger partial charge >= 0.3 is 0 Å². The zero-order chi connectivity index (χ0) is 18.7. The molecule has 9 nitrogen and oxygen atoms in total. The summed E-state index contributed by atoms with van der Waals surface area (Å²) in [6.07, 6.45) is 3.76. The first-order valence-corrected chi connectivity index (χ1v) is 10.5. The van der Waals surface area contributed by atoms with Crippen molar-refractivity contribution in [3.63, 3.8) is 0 Å². The van der Waals surface area contributed by atoms with Crippen LogP contribution in [0.15, 0.2) is 18.5 Å². The highest BCUT2D eigenvalue weighted by Crippen LogP contribution is 2.18. The summed E-state index contributed by atoms with van der Waals surface area (Å²) in [5.41, 5.74) is 0. The van der Waals surface area contributed by atoms with Crippen LogP contribution in [0.25, 0.3) is 0 Å². The SMILES string of the molecule is CC(=O)N(CC(=O)N1CCN(c2ncccn2)CC1)C1CCS(=O)(=O)C1. The van der Waals surface area contributed by atoms with Gasteiger partial charge in [-0.25, -0.2) is 18.4 Å². The van der Waals surface area contributed by atoms with Crippen molar-refractivity contribution in [1.29, 1.82) is 0 Å². The molecule has 10 heteroatoms. The first kappa shape index (κ1) is 18.6. The summed E-state index contributed by atoms with van der Waals surface area (Å²) in [4.78, 5) is 38.1. The molecule has 0 aromatic carbocycles. The van der Waals surface area contributed by atoms with E-state index in [1.807, 2.05) is 4.90 Å². The number of piperazine rings is 1. The highest BCUT2D eigenvalue weighted by molar-refractivity contribution is 7.91. The van der Waals surface area contributed by atoms with Crippen LogP contribution >= 0.6 is 0 Å². The van der Waals surface area contributed by atoms with Gasteiger partial charge in [-0.05, 0) is 12.5 Å². The largest absolute Gasteiger partial charge is 0.338 e. The molecule has 2 aliphatic heterocycles. The highest BCUT2D eigenvalue weighted by atomic mass is 32.2. The summed E-state index contributed by atoms with van der Waals surface area (Å²) in [5.74, 6) is 0.237. The molecule has 0 spiro atoms. The average Bonchev–Trinajstić information content (AvgIpc) is 2.99. The molecule has 1 aromatic heterocycles. The fourth-order valence-corrected chi connectivity index (χ4v) is 5.11. The molecular formula is C16H23N5O4S. The Kier molecular flexibility index (Phi) is 5.40. The quantitative estimate of drug-likeness (QED) is 0.670. The number of sulfone groups is 1. The van der Waals surface area contributed by atoms with E-state index in [0.717, 1.165) is 0 Å². The van der Waals surface area contributed by atoms with E-state index in [1.165, 1.54) is 11.8 Å². The molecule has 2 fully saturated rings. The minimum absolute atomic E-state index is 0.0566. The number of anilines is 1. The lowest BCUT2D eigenvalue weighted by Gasteiger charge is -2.36. The highest BCUT2D eigenvalue weighted by Gasteiger charge is 2.35. The van der Waals surface area contributed by atoms with Crippen molar-refractivity contribution in [3.05, 3.63) is 18.5 Å². The maximum absolute atomic E-state index is 12.6. The predicted molar refractivity (Wildman–Crippen MR) is 95.3 cm³/mol. The monoisotopic (exact) mass is 381 g/mol. The fourth-order valence-electron chi connectivity index (χ4n) is 3.37. The van der Waals surface area contributed by atoms with Gasteiger partial charge in [-0.1, -0.05) is 0 Å². The van der Waals surface area contributed by atoms with Crippen LogP contribution in [-0.4, -0.2) is 90.3 Å². The van der Waals surface area contributed by atoms with Crippen molar-refractivity contribution < 1.29 is 18.0 Å². The molecule has 2 saturated heterocycles. The van der Waals surface area contributed by atoms with Crippen molar-refractivity contribution in [3.8, 4) is 0 Å². The molecule has 0 bridgehead atoms. The molecule has 1 unspecified atom stereocenters. The van der Waals surface area contributed by atoms with Gasteiger partial charge in [0.25, 0.3) is 0 Å². The Morgan fingerprint density at radius 1 is 1.19 bits per heavy atom. The van der Waals surface area contributed by atoms with Crippen molar-refractivity contribution in [2.75, 3.05) is 49.1 Å². The molecule has 0 N–H and O–H groups in total. The molecule has 3 heterocycles. The third kappa shape index (κ3) is 4.29. The summed E-state index contributed by atoms with van der Waals surface area (Å²) in [7, 11) is -3.11. The van der Waals surface area contributed by atoms with Gasteiger partial charge < -0.3 is 14.7 Å². The van der Waals surface area contributed by atoms with Crippen LogP contribution in [0.3, 0.4) is 0 Å². The van der Waals surface area contributed by atoms with Gasteiger partial charge in [-0.15, -0.1) is 0 Å². The summed E-state index contributed by atoms with van der Waals surface area (Å²) in [5, 5.41) is 0. The van der Waals surface area contributed by atoms with Crippen molar-refractivity contribution >= 4 is 27.6 Å². The zero-order valence-corrected chi connectivity index (χ0v) is 15.6. The van der Waals surface area contributed by atoms with E-state index >= 15 is 0 Å². The Bertz CT molecular complexity index is 762. The Hall–Kier alpha value is -2.23. The number of hydrogen-bond acceptors (Lipinski definition) is 7. The number of aromatic nitrogens is 2. The standard InChI is InChI=1S/C16H23N5O4S/c1-13(22)21(14-3-10-26(24,25)12-14)11-15(23)19-6-8-20(9-7-19)16-17-4-2-5-18-16/h2,4-5,14H,3,6-12H2,1H3. The van der Waals surface area contributed by atoms with Crippen LogP contribution in [-0.2, 0) is 19.4 Å². The van der Waals surface area contributed by atoms with Crippen LogP contribution in [0.5, 0.6) is 0 Å². The van der Waals surface area contributed by atoms with Gasteiger partial charge in [0.15, 0.2) is 9.84 Å². The number of carbonyl (C=O) groups is 2. The van der Waals surface area contributed by atoms with Crippen molar-refractivity contribution in [1.82, 2.24) is 19.8 Å². The lowest BCUT2D eigenvalue weighted by atomic mass is 10.2. The van der Waals surface area contributed by atoms with E-state index in [0.29, 0.717) is 38.5 Å². The number of nitrogens with zero attached hydrogens (tertiary/aromatic N) is 5. The minimum Gasteiger partial charge on any atom is -0.338 e. The molecule has 142 valence electrons. The van der Waals surface area contributed by atoms with Gasteiger partial charge in [0.05, 0.1) is 11.5 Å². The molecule has 1 aromatic rings. The molecule has 3 rings (SSSR count). The Balaban J connectivity index is 1.57. The summed E-state index contributed by atoms with van der Waals surface area (Å²) < 4.78 is 23.4. The van der Waals surface area contributed by atoms with Crippen LogP contribution in [0.1, 0.15) is 13.3 Å². The van der Waals surface area contributed by atoms with E-state index in [4.69, 9.17) is 0 Å². The molecule has 0 saturated carbocycles. The first-order valence-electron chi connectivity index (χ1n) is 8.63. The van der Waals surface area contributed by atoms with Crippen molar-refractivity contribution in [2.24, 2.45) is 0 Å². The predicted octanol–water partition coefficient (Wildman–Crippen LogP) is -0.839. The van der Waals surface area contributed by atoms with E-state index in [9.17, 15) is 18.0 Å². The lowest BCUT2D eigenvalue weighted by molar-refractivity contribution is -0.141. The van der Waals surface area contributed by atoms with Gasteiger partial charge in [0, 0.05) is 51.5 Å². The number of hydrogen-bond donors (Lipinski definition) is 0. The molecule has 0 radical (unpaired) electrons. The Morgan fingerprint density at radius 3 is 2.38 bits per heavy atom. The van der Waals surface area contributed by atoms with E-state index in [2.05, 4.69) is 9.97 Å². The topological polar surface area (TPSA) is 104 Å². The van der Waals surface area contributed by atoms with Crippen LogP contribution in [0.4, 0.5) is 5.95 Å². The Labute approximate surface area is 152 Å². The summed E-state index contributed by atoms with van der Waals surface area (Å²) >= 11 is 0. The minimum atomic E-state index is -3.11. The molecule has 26 heavy (non-hydrogen) atoms. The first-order chi connectivity index (χ1) is 12.4. The second kappa shape index (κ2) is 7.56. The van der Waals surface area contributed by atoms with Crippen LogP contribution < -0.4 is 4.90 Å². The molecule has 2 aliphatic rings. The normalized spacial score (nSPS) is 22.3. The maximum Gasteiger partial charge on any atom is 0.242 e. The zero-order valence-electron chi connectivity index (χ0n) is 14.7. The summed E-state index contributed by atoms with van der Waals surface area (Å²) in [6, 6.07) is 1.35. The second-order valence-electron chi connectivity index (χ2n) is 6.62. The van der Waals surface area contributed by atoms with Gasteiger partial charge in [0.2, 0.25) is 17.8 Å². The average molecular weight is 381 g/mol. The number of rotatable bonds is 4. The molecule has 1 atom stereocenters. The lowest BCUT2D eigenvalue weighted by Crippen LogP contribution is -2.53.